The first-order valence-electron chi connectivity index (χ1n) is 7.68. The van der Waals surface area contributed by atoms with E-state index >= 15 is 0 Å². The molecular formula is C16H28N2O3. The van der Waals surface area contributed by atoms with Crippen LogP contribution in [0.1, 0.15) is 60.3 Å². The maximum absolute atomic E-state index is 12.1. The molecule has 1 rings (SSSR count). The highest BCUT2D eigenvalue weighted by molar-refractivity contribution is 5.72. The van der Waals surface area contributed by atoms with E-state index in [-0.39, 0.29) is 12.5 Å². The van der Waals surface area contributed by atoms with Gasteiger partial charge in [0, 0.05) is 12.2 Å². The van der Waals surface area contributed by atoms with Crippen molar-refractivity contribution in [3.05, 3.63) is 11.3 Å². The largest absolute Gasteiger partial charge is 0.459 e. The molecule has 21 heavy (non-hydrogen) atoms. The van der Waals surface area contributed by atoms with Crippen molar-refractivity contribution in [3.63, 3.8) is 0 Å². The molecule has 0 aromatic carbocycles. The molecule has 0 heterocycles. The number of allylic oxidation sites excluding steroid dienone is 2. The van der Waals surface area contributed by atoms with Gasteiger partial charge < -0.3 is 4.74 Å². The zero-order chi connectivity index (χ0) is 16.0. The summed E-state index contributed by atoms with van der Waals surface area (Å²) in [6.07, 6.45) is 4.96. The van der Waals surface area contributed by atoms with Gasteiger partial charge in [-0.25, -0.2) is 0 Å². The maximum Gasteiger partial charge on any atom is 0.328 e. The van der Waals surface area contributed by atoms with Gasteiger partial charge in [-0.05, 0) is 60.3 Å². The fourth-order valence-electron chi connectivity index (χ4n) is 2.53. The lowest BCUT2D eigenvalue weighted by molar-refractivity contribution is -0.160. The number of esters is 1. The van der Waals surface area contributed by atoms with Crippen LogP contribution in [-0.2, 0) is 14.3 Å². The minimum atomic E-state index is -0.517. The van der Waals surface area contributed by atoms with E-state index in [0.717, 1.165) is 31.4 Å². The van der Waals surface area contributed by atoms with Gasteiger partial charge in [-0.2, -0.15) is 0 Å². The zero-order valence-electron chi connectivity index (χ0n) is 13.9. The first kappa shape index (κ1) is 17.5. The third-order valence-electron chi connectivity index (χ3n) is 3.47. The van der Waals surface area contributed by atoms with Crippen LogP contribution in [0.4, 0.5) is 0 Å². The van der Waals surface area contributed by atoms with Gasteiger partial charge in [0.15, 0.2) is 0 Å². The molecule has 0 saturated carbocycles. The number of rotatable bonds is 6. The highest BCUT2D eigenvalue weighted by atomic mass is 16.6. The van der Waals surface area contributed by atoms with Gasteiger partial charge in [0.05, 0.1) is 0 Å². The topological polar surface area (TPSA) is 49.9 Å². The van der Waals surface area contributed by atoms with Gasteiger partial charge in [-0.3, -0.25) is 19.6 Å². The van der Waals surface area contributed by atoms with E-state index in [1.54, 1.807) is 10.0 Å². The molecule has 0 aliphatic heterocycles. The Morgan fingerprint density at radius 3 is 2.38 bits per heavy atom. The minimum absolute atomic E-state index is 0.0799. The molecule has 0 unspecified atom stereocenters. The van der Waals surface area contributed by atoms with Crippen molar-refractivity contribution >= 4 is 12.4 Å². The van der Waals surface area contributed by atoms with Gasteiger partial charge in [-0.15, -0.1) is 0 Å². The third-order valence-corrected chi connectivity index (χ3v) is 3.47. The third kappa shape index (κ3) is 5.40. The van der Waals surface area contributed by atoms with Crippen LogP contribution in [0.3, 0.4) is 0 Å². The van der Waals surface area contributed by atoms with Crippen LogP contribution < -0.4 is 0 Å². The minimum Gasteiger partial charge on any atom is -0.459 e. The standard InChI is InChI=1S/C16H28N2O3/c1-6-17(12-19)18(11-15(20)21-16(3,4)5)14-10-8-7-9-13(14)2/h12H,6-11H2,1-5H3. The van der Waals surface area contributed by atoms with Crippen LogP contribution in [0.5, 0.6) is 0 Å². The first-order chi connectivity index (χ1) is 9.78. The molecular weight excluding hydrogens is 268 g/mol. The zero-order valence-corrected chi connectivity index (χ0v) is 13.9. The van der Waals surface area contributed by atoms with E-state index < -0.39 is 5.60 Å². The normalized spacial score (nSPS) is 15.7. The quantitative estimate of drug-likeness (QED) is 0.429. The molecule has 0 aromatic rings. The SMILES string of the molecule is CCN(C=O)N(CC(=O)OC(C)(C)C)C1=C(C)CCCC1. The van der Waals surface area contributed by atoms with Crippen molar-refractivity contribution in [1.82, 2.24) is 10.0 Å². The van der Waals surface area contributed by atoms with Crippen LogP contribution in [-0.4, -0.2) is 41.1 Å². The molecule has 0 N–H and O–H groups in total. The van der Waals surface area contributed by atoms with Gasteiger partial charge in [0.2, 0.25) is 6.41 Å². The molecule has 1 aliphatic rings. The highest BCUT2D eigenvalue weighted by Crippen LogP contribution is 2.28. The summed E-state index contributed by atoms with van der Waals surface area (Å²) in [4.78, 5) is 23.4. The van der Waals surface area contributed by atoms with Crippen molar-refractivity contribution in [2.75, 3.05) is 13.1 Å². The Morgan fingerprint density at radius 1 is 1.29 bits per heavy atom. The predicted molar refractivity (Wildman–Crippen MR) is 82.2 cm³/mol. The average molecular weight is 296 g/mol. The molecule has 5 heteroatoms. The predicted octanol–water partition coefficient (Wildman–Crippen LogP) is 2.87. The monoisotopic (exact) mass is 296 g/mol. The van der Waals surface area contributed by atoms with E-state index in [1.165, 1.54) is 12.0 Å². The lowest BCUT2D eigenvalue weighted by atomic mass is 9.97. The summed E-state index contributed by atoms with van der Waals surface area (Å²) in [5, 5.41) is 3.34. The number of carbonyl (C=O) groups excluding carboxylic acids is 2. The summed E-state index contributed by atoms with van der Waals surface area (Å²) < 4.78 is 5.39. The number of nitrogens with zero attached hydrogens (tertiary/aromatic N) is 2. The van der Waals surface area contributed by atoms with Crippen LogP contribution in [0, 0.1) is 0 Å². The molecule has 1 aliphatic carbocycles. The summed E-state index contributed by atoms with van der Waals surface area (Å²) in [6, 6.07) is 0. The molecule has 0 spiro atoms. The Kier molecular flexibility index (Phi) is 6.24. The average Bonchev–Trinajstić information content (AvgIpc) is 2.37. The number of hydrazine groups is 1. The van der Waals surface area contributed by atoms with E-state index in [0.29, 0.717) is 6.54 Å². The molecule has 1 amide bonds. The first-order valence-corrected chi connectivity index (χ1v) is 7.68. The molecule has 0 bridgehead atoms. The second kappa shape index (κ2) is 7.48. The number of amides is 1. The number of carbonyl (C=O) groups is 2. The van der Waals surface area contributed by atoms with E-state index in [4.69, 9.17) is 4.74 Å². The van der Waals surface area contributed by atoms with Crippen molar-refractivity contribution < 1.29 is 14.3 Å². The molecule has 0 radical (unpaired) electrons. The van der Waals surface area contributed by atoms with Gasteiger partial charge in [0.1, 0.15) is 12.1 Å². The summed E-state index contributed by atoms with van der Waals surface area (Å²) in [7, 11) is 0. The fourth-order valence-corrected chi connectivity index (χ4v) is 2.53. The van der Waals surface area contributed by atoms with E-state index in [2.05, 4.69) is 6.92 Å². The number of ether oxygens (including phenoxy) is 1. The summed E-state index contributed by atoms with van der Waals surface area (Å²) in [5.74, 6) is -0.311. The van der Waals surface area contributed by atoms with Crippen LogP contribution >= 0.6 is 0 Å². The van der Waals surface area contributed by atoms with Crippen LogP contribution in [0.15, 0.2) is 11.3 Å². The molecule has 120 valence electrons. The Balaban J connectivity index is 2.93. The Hall–Kier alpha value is -1.52. The summed E-state index contributed by atoms with van der Waals surface area (Å²) in [6.45, 7) is 10.1. The van der Waals surface area contributed by atoms with Crippen molar-refractivity contribution in [1.29, 1.82) is 0 Å². The second-order valence-corrected chi connectivity index (χ2v) is 6.44. The van der Waals surface area contributed by atoms with Crippen molar-refractivity contribution in [3.8, 4) is 0 Å². The Bertz CT molecular complexity index is 410. The lowest BCUT2D eigenvalue weighted by Gasteiger charge is -2.37. The summed E-state index contributed by atoms with van der Waals surface area (Å²) in [5.41, 5.74) is 1.82. The fraction of sp³-hybridized carbons (Fsp3) is 0.750. The number of hydrogen-bond acceptors (Lipinski definition) is 4. The summed E-state index contributed by atoms with van der Waals surface area (Å²) >= 11 is 0. The molecule has 0 saturated heterocycles. The number of hydrogen-bond donors (Lipinski definition) is 0. The van der Waals surface area contributed by atoms with E-state index in [9.17, 15) is 9.59 Å². The van der Waals surface area contributed by atoms with Crippen molar-refractivity contribution in [2.24, 2.45) is 0 Å². The van der Waals surface area contributed by atoms with Crippen LogP contribution in [0.2, 0.25) is 0 Å². The Labute approximate surface area is 127 Å². The molecule has 0 aromatic heterocycles. The lowest BCUT2D eigenvalue weighted by Crippen LogP contribution is -2.46. The maximum atomic E-state index is 12.1. The van der Waals surface area contributed by atoms with Gasteiger partial charge >= 0.3 is 5.97 Å². The van der Waals surface area contributed by atoms with Gasteiger partial charge in [0.25, 0.3) is 0 Å². The molecule has 0 fully saturated rings. The molecule has 5 nitrogen and oxygen atoms in total. The second-order valence-electron chi connectivity index (χ2n) is 6.44. The highest BCUT2D eigenvalue weighted by Gasteiger charge is 2.25. The Morgan fingerprint density at radius 2 is 1.90 bits per heavy atom. The molecule has 0 atom stereocenters. The van der Waals surface area contributed by atoms with Crippen molar-refractivity contribution in [2.45, 2.75) is 65.9 Å². The van der Waals surface area contributed by atoms with Crippen LogP contribution in [0.25, 0.3) is 0 Å². The van der Waals surface area contributed by atoms with E-state index in [1.807, 2.05) is 27.7 Å². The van der Waals surface area contributed by atoms with Gasteiger partial charge in [-0.1, -0.05) is 5.57 Å². The smallest absolute Gasteiger partial charge is 0.328 e.